The molecule has 1 aromatic carbocycles. The molecule has 20 heavy (non-hydrogen) atoms. The van der Waals surface area contributed by atoms with Gasteiger partial charge in [-0.05, 0) is 24.3 Å². The van der Waals surface area contributed by atoms with E-state index in [1.807, 2.05) is 42.6 Å². The highest BCUT2D eigenvalue weighted by Crippen LogP contribution is 2.18. The summed E-state index contributed by atoms with van der Waals surface area (Å²) < 4.78 is 1.73. The molecule has 3 heterocycles. The number of fused-ring (bicyclic) bond motifs is 3. The number of H-pyrrole nitrogens is 2. The molecule has 0 unspecified atom stereocenters. The van der Waals surface area contributed by atoms with Crippen LogP contribution < -0.4 is 5.62 Å². The molecule has 0 radical (unpaired) electrons. The topological polar surface area (TPSA) is 74.1 Å². The predicted molar refractivity (Wildman–Crippen MR) is 76.1 cm³/mol. The first-order valence-electron chi connectivity index (χ1n) is 6.31. The van der Waals surface area contributed by atoms with Crippen LogP contribution in [0, 0.1) is 0 Å². The number of rotatable bonds is 1. The van der Waals surface area contributed by atoms with Crippen LogP contribution in [0.1, 0.15) is 0 Å². The van der Waals surface area contributed by atoms with E-state index in [9.17, 15) is 0 Å². The second-order valence-electron chi connectivity index (χ2n) is 4.47. The zero-order valence-electron chi connectivity index (χ0n) is 10.8. The van der Waals surface area contributed by atoms with E-state index < -0.39 is 0 Å². The van der Waals surface area contributed by atoms with E-state index in [1.54, 1.807) is 11.6 Å². The minimum atomic E-state index is 0.657. The molecule has 6 heteroatoms. The van der Waals surface area contributed by atoms with Crippen LogP contribution in [-0.2, 0) is 0 Å². The van der Waals surface area contributed by atoms with Crippen molar-refractivity contribution in [2.45, 2.75) is 0 Å². The summed E-state index contributed by atoms with van der Waals surface area (Å²) >= 11 is 0. The fourth-order valence-electron chi connectivity index (χ4n) is 2.33. The van der Waals surface area contributed by atoms with Gasteiger partial charge in [-0.15, -0.1) is 5.10 Å². The van der Waals surface area contributed by atoms with Gasteiger partial charge in [-0.1, -0.05) is 12.1 Å². The van der Waals surface area contributed by atoms with Crippen molar-refractivity contribution in [3.63, 3.8) is 0 Å². The third kappa shape index (κ3) is 1.48. The highest BCUT2D eigenvalue weighted by Gasteiger charge is 2.11. The zero-order valence-corrected chi connectivity index (χ0v) is 10.8. The summed E-state index contributed by atoms with van der Waals surface area (Å²) in [5.41, 5.74) is 3.35. The molecule has 0 saturated carbocycles. The molecule has 0 aliphatic carbocycles. The van der Waals surface area contributed by atoms with Gasteiger partial charge in [-0.25, -0.2) is 4.98 Å². The van der Waals surface area contributed by atoms with Crippen molar-refractivity contribution < 1.29 is 0 Å². The van der Waals surface area contributed by atoms with E-state index in [2.05, 4.69) is 25.0 Å². The lowest BCUT2D eigenvalue weighted by Crippen LogP contribution is -2.19. The van der Waals surface area contributed by atoms with Crippen LogP contribution in [0.15, 0.2) is 47.6 Å². The van der Waals surface area contributed by atoms with Crippen molar-refractivity contribution in [1.82, 2.24) is 24.6 Å². The normalized spacial score (nSPS) is 12.6. The predicted octanol–water partition coefficient (Wildman–Crippen LogP) is 1.74. The highest BCUT2D eigenvalue weighted by atomic mass is 15.3. The molecule has 98 valence electrons. The van der Waals surface area contributed by atoms with Crippen molar-refractivity contribution >= 4 is 16.6 Å². The Bertz CT molecular complexity index is 958. The number of benzene rings is 1. The summed E-state index contributed by atoms with van der Waals surface area (Å²) in [6.07, 6.45) is 1.86. The number of aromatic amines is 2. The van der Waals surface area contributed by atoms with Gasteiger partial charge in [0.2, 0.25) is 5.62 Å². The Kier molecular flexibility index (Phi) is 2.23. The number of hydrogen-bond donors (Lipinski definition) is 2. The van der Waals surface area contributed by atoms with E-state index >= 15 is 0 Å². The largest absolute Gasteiger partial charge is 0.359 e. The number of para-hydroxylation sites is 1. The maximum atomic E-state index is 4.63. The summed E-state index contributed by atoms with van der Waals surface area (Å²) in [5.74, 6) is 0.657. The molecule has 2 N–H and O–H groups in total. The van der Waals surface area contributed by atoms with Gasteiger partial charge < -0.3 is 9.97 Å². The van der Waals surface area contributed by atoms with Gasteiger partial charge in [0.15, 0.2) is 11.5 Å². The maximum Gasteiger partial charge on any atom is 0.225 e. The number of hydrogen-bond acceptors (Lipinski definition) is 3. The van der Waals surface area contributed by atoms with Gasteiger partial charge in [0.25, 0.3) is 0 Å². The summed E-state index contributed by atoms with van der Waals surface area (Å²) in [4.78, 5) is 15.3. The third-order valence-corrected chi connectivity index (χ3v) is 3.27. The van der Waals surface area contributed by atoms with Crippen LogP contribution in [0.4, 0.5) is 0 Å². The lowest BCUT2D eigenvalue weighted by molar-refractivity contribution is 0.843. The van der Waals surface area contributed by atoms with Gasteiger partial charge in [0.1, 0.15) is 0 Å². The number of nitrogens with one attached hydrogen (secondary N) is 2. The highest BCUT2D eigenvalue weighted by molar-refractivity contribution is 5.91. The van der Waals surface area contributed by atoms with Crippen LogP contribution in [-0.4, -0.2) is 31.6 Å². The second-order valence-corrected chi connectivity index (χ2v) is 4.47. The molecule has 0 aliphatic rings. The number of aromatic nitrogens is 5. The Morgan fingerprint density at radius 2 is 2.05 bits per heavy atom. The lowest BCUT2D eigenvalue weighted by atomic mass is 10.2. The van der Waals surface area contributed by atoms with Gasteiger partial charge in [-0.2, -0.15) is 4.52 Å². The van der Waals surface area contributed by atoms with Crippen molar-refractivity contribution in [2.75, 3.05) is 7.05 Å². The Hall–Kier alpha value is -2.89. The molecule has 0 bridgehead atoms. The van der Waals surface area contributed by atoms with Gasteiger partial charge in [0, 0.05) is 18.6 Å². The first-order chi connectivity index (χ1) is 9.86. The second kappa shape index (κ2) is 4.06. The average Bonchev–Trinajstić information content (AvgIpc) is 3.15. The monoisotopic (exact) mass is 264 g/mol. The molecular formula is C14H12N6. The van der Waals surface area contributed by atoms with Crippen molar-refractivity contribution in [3.8, 4) is 11.5 Å². The minimum Gasteiger partial charge on any atom is -0.359 e. The fraction of sp³-hybridized carbons (Fsp3) is 0.0714. The molecule has 4 rings (SSSR count). The number of nitrogens with zero attached hydrogens (tertiary/aromatic N) is 4. The minimum absolute atomic E-state index is 0.657. The van der Waals surface area contributed by atoms with Gasteiger partial charge in [-0.3, -0.25) is 4.99 Å². The Labute approximate surface area is 113 Å². The van der Waals surface area contributed by atoms with Crippen molar-refractivity contribution in [1.29, 1.82) is 0 Å². The molecule has 3 aromatic heterocycles. The molecule has 6 nitrogen and oxygen atoms in total. The SMILES string of the molecule is CN=c1[nH]c2ccccc2c2nc(-c3ccc[nH]3)nn12. The molecule has 0 saturated heterocycles. The molecule has 4 aromatic rings. The van der Waals surface area contributed by atoms with Crippen molar-refractivity contribution in [2.24, 2.45) is 4.99 Å². The van der Waals surface area contributed by atoms with E-state index in [0.717, 1.165) is 22.2 Å². The molecular weight excluding hydrogens is 252 g/mol. The van der Waals surface area contributed by atoms with Gasteiger partial charge in [0.05, 0.1) is 11.2 Å². The standard InChI is InChI=1S/C14H12N6/c1-15-14-17-10-6-3-2-5-9(10)13-18-12(19-20(13)14)11-7-4-8-16-11/h2-8,16H,1H3,(H,15,17). The summed E-state index contributed by atoms with van der Waals surface area (Å²) in [6, 6.07) is 11.9. The molecule has 0 spiro atoms. The summed E-state index contributed by atoms with van der Waals surface area (Å²) in [7, 11) is 1.73. The van der Waals surface area contributed by atoms with E-state index in [-0.39, 0.29) is 0 Å². The van der Waals surface area contributed by atoms with E-state index in [1.165, 1.54) is 0 Å². The van der Waals surface area contributed by atoms with Crippen molar-refractivity contribution in [3.05, 3.63) is 48.2 Å². The van der Waals surface area contributed by atoms with Gasteiger partial charge >= 0.3 is 0 Å². The first-order valence-corrected chi connectivity index (χ1v) is 6.31. The van der Waals surface area contributed by atoms with E-state index in [0.29, 0.717) is 11.4 Å². The summed E-state index contributed by atoms with van der Waals surface area (Å²) in [6.45, 7) is 0. The molecule has 0 amide bonds. The maximum absolute atomic E-state index is 4.63. The lowest BCUT2D eigenvalue weighted by Gasteiger charge is -1.99. The third-order valence-electron chi connectivity index (χ3n) is 3.27. The Morgan fingerprint density at radius 3 is 2.85 bits per heavy atom. The smallest absolute Gasteiger partial charge is 0.225 e. The fourth-order valence-corrected chi connectivity index (χ4v) is 2.33. The van der Waals surface area contributed by atoms with E-state index in [4.69, 9.17) is 0 Å². The van der Waals surface area contributed by atoms with Crippen LogP contribution in [0.2, 0.25) is 0 Å². The first kappa shape index (κ1) is 11.0. The average molecular weight is 264 g/mol. The van der Waals surface area contributed by atoms with Crippen LogP contribution in [0.3, 0.4) is 0 Å². The quantitative estimate of drug-likeness (QED) is 0.549. The molecule has 0 atom stereocenters. The van der Waals surface area contributed by atoms with Crippen LogP contribution in [0.25, 0.3) is 28.1 Å². The molecule has 0 aliphatic heterocycles. The van der Waals surface area contributed by atoms with Crippen LogP contribution >= 0.6 is 0 Å². The Balaban J connectivity index is 2.17. The molecule has 0 fully saturated rings. The Morgan fingerprint density at radius 1 is 1.15 bits per heavy atom. The summed E-state index contributed by atoms with van der Waals surface area (Å²) in [5, 5.41) is 5.54. The zero-order chi connectivity index (χ0) is 13.5. The van der Waals surface area contributed by atoms with Crippen LogP contribution in [0.5, 0.6) is 0 Å².